The molecule has 1 aliphatic rings. The third-order valence-electron chi connectivity index (χ3n) is 5.42. The zero-order chi connectivity index (χ0) is 18.5. The van der Waals surface area contributed by atoms with Crippen LogP contribution < -0.4 is 0 Å². The summed E-state index contributed by atoms with van der Waals surface area (Å²) in [5.74, 6) is 1.00. The van der Waals surface area contributed by atoms with Crippen LogP contribution in [0.4, 0.5) is 0 Å². The van der Waals surface area contributed by atoms with Crippen LogP contribution in [0.15, 0.2) is 30.3 Å². The molecule has 0 aliphatic heterocycles. The molecule has 1 saturated carbocycles. The van der Waals surface area contributed by atoms with Crippen molar-refractivity contribution in [2.45, 2.75) is 70.5 Å². The number of hydrogen-bond donors (Lipinski definition) is 0. The summed E-state index contributed by atoms with van der Waals surface area (Å²) in [5.41, 5.74) is 1.28. The minimum absolute atomic E-state index is 0.143. The molecule has 0 amide bonds. The number of sulfone groups is 1. The third kappa shape index (κ3) is 5.95. The topological polar surface area (TPSA) is 51.2 Å². The van der Waals surface area contributed by atoms with Gasteiger partial charge in [0.25, 0.3) is 0 Å². The van der Waals surface area contributed by atoms with E-state index in [4.69, 9.17) is 0 Å². The molecule has 140 valence electrons. The Morgan fingerprint density at radius 1 is 1.04 bits per heavy atom. The fourth-order valence-corrected chi connectivity index (χ4v) is 4.98. The van der Waals surface area contributed by atoms with Gasteiger partial charge in [-0.1, -0.05) is 30.3 Å². The van der Waals surface area contributed by atoms with Gasteiger partial charge in [-0.2, -0.15) is 0 Å². The van der Waals surface area contributed by atoms with E-state index in [2.05, 4.69) is 12.1 Å². The molecule has 4 heteroatoms. The third-order valence-corrected chi connectivity index (χ3v) is 8.20. The van der Waals surface area contributed by atoms with Gasteiger partial charge in [-0.3, -0.25) is 4.79 Å². The number of carbonyl (C=O) groups is 1. The highest BCUT2D eigenvalue weighted by Gasteiger charge is 2.34. The van der Waals surface area contributed by atoms with Gasteiger partial charge in [0, 0.05) is 12.3 Å². The van der Waals surface area contributed by atoms with Crippen LogP contribution in [0.3, 0.4) is 0 Å². The molecule has 0 aromatic heterocycles. The van der Waals surface area contributed by atoms with Crippen molar-refractivity contribution in [2.24, 2.45) is 11.8 Å². The SMILES string of the molecule is CC(C)(C)S(=O)(=O)CC1CCC(C(=O)CCCc2ccccc2)CC1. The monoisotopic (exact) mass is 364 g/mol. The Kier molecular flexibility index (Phi) is 6.84. The largest absolute Gasteiger partial charge is 0.299 e. The predicted octanol–water partition coefficient (Wildman–Crippen LogP) is 4.60. The van der Waals surface area contributed by atoms with Gasteiger partial charge in [-0.05, 0) is 70.8 Å². The molecule has 0 atom stereocenters. The smallest absolute Gasteiger partial charge is 0.155 e. The van der Waals surface area contributed by atoms with Gasteiger partial charge in [-0.15, -0.1) is 0 Å². The zero-order valence-corrected chi connectivity index (χ0v) is 16.6. The number of carbonyl (C=O) groups excluding carboxylic acids is 1. The molecule has 3 nitrogen and oxygen atoms in total. The summed E-state index contributed by atoms with van der Waals surface area (Å²) < 4.78 is 24.0. The lowest BCUT2D eigenvalue weighted by Crippen LogP contribution is -2.35. The maximum absolute atomic E-state index is 12.4. The number of rotatable bonds is 7. The Morgan fingerprint density at radius 3 is 2.20 bits per heavy atom. The van der Waals surface area contributed by atoms with Crippen LogP contribution in [0.2, 0.25) is 0 Å². The van der Waals surface area contributed by atoms with Crippen LogP contribution in [0, 0.1) is 11.8 Å². The predicted molar refractivity (Wildman–Crippen MR) is 103 cm³/mol. The standard InChI is InChI=1S/C21H32O3S/c1-21(2,3)25(23,24)16-18-12-14-19(15-13-18)20(22)11-7-10-17-8-5-4-6-9-17/h4-6,8-9,18-19H,7,10-16H2,1-3H3. The van der Waals surface area contributed by atoms with E-state index >= 15 is 0 Å². The molecule has 1 aromatic carbocycles. The van der Waals surface area contributed by atoms with Crippen LogP contribution in [0.25, 0.3) is 0 Å². The molecule has 0 unspecified atom stereocenters. The van der Waals surface area contributed by atoms with Crippen molar-refractivity contribution in [3.8, 4) is 0 Å². The average Bonchev–Trinajstić information content (AvgIpc) is 2.55. The van der Waals surface area contributed by atoms with E-state index in [1.165, 1.54) is 5.56 Å². The van der Waals surface area contributed by atoms with Crippen LogP contribution in [-0.2, 0) is 21.1 Å². The van der Waals surface area contributed by atoms with E-state index < -0.39 is 14.6 Å². The van der Waals surface area contributed by atoms with Gasteiger partial charge >= 0.3 is 0 Å². The van der Waals surface area contributed by atoms with Crippen molar-refractivity contribution < 1.29 is 13.2 Å². The molecule has 0 radical (unpaired) electrons. The van der Waals surface area contributed by atoms with E-state index in [0.717, 1.165) is 38.5 Å². The number of benzene rings is 1. The lowest BCUT2D eigenvalue weighted by molar-refractivity contribution is -0.124. The molecule has 25 heavy (non-hydrogen) atoms. The summed E-state index contributed by atoms with van der Waals surface area (Å²) in [6.45, 7) is 5.30. The number of ketones is 1. The molecule has 0 heterocycles. The fourth-order valence-electron chi connectivity index (χ4n) is 3.53. The number of Topliss-reactive ketones (excluding diaryl/α,β-unsaturated/α-hetero) is 1. The Labute approximate surface area is 153 Å². The van der Waals surface area contributed by atoms with E-state index in [-0.39, 0.29) is 17.6 Å². The van der Waals surface area contributed by atoms with Crippen molar-refractivity contribution in [3.63, 3.8) is 0 Å². The second-order valence-corrected chi connectivity index (χ2v) is 11.2. The van der Waals surface area contributed by atoms with Crippen molar-refractivity contribution >= 4 is 15.6 Å². The minimum atomic E-state index is -3.06. The Bertz CT molecular complexity index is 648. The van der Waals surface area contributed by atoms with E-state index in [9.17, 15) is 13.2 Å². The number of hydrogen-bond acceptors (Lipinski definition) is 3. The maximum Gasteiger partial charge on any atom is 0.155 e. The van der Waals surface area contributed by atoms with E-state index in [1.54, 1.807) is 20.8 Å². The first-order chi connectivity index (χ1) is 11.7. The van der Waals surface area contributed by atoms with Crippen molar-refractivity contribution in [3.05, 3.63) is 35.9 Å². The Balaban J connectivity index is 1.73. The minimum Gasteiger partial charge on any atom is -0.299 e. The van der Waals surface area contributed by atoms with Gasteiger partial charge in [0.2, 0.25) is 0 Å². The first-order valence-electron chi connectivity index (χ1n) is 9.48. The summed E-state index contributed by atoms with van der Waals surface area (Å²) in [6.07, 6.45) is 5.94. The lowest BCUT2D eigenvalue weighted by Gasteiger charge is -2.30. The van der Waals surface area contributed by atoms with Crippen LogP contribution in [-0.4, -0.2) is 24.7 Å². The highest BCUT2D eigenvalue weighted by Crippen LogP contribution is 2.33. The molecule has 1 aliphatic carbocycles. The second kappa shape index (κ2) is 8.48. The molecule has 0 spiro atoms. The molecular weight excluding hydrogens is 332 g/mol. The van der Waals surface area contributed by atoms with Crippen molar-refractivity contribution in [1.29, 1.82) is 0 Å². The van der Waals surface area contributed by atoms with Crippen molar-refractivity contribution in [2.75, 3.05) is 5.75 Å². The van der Waals surface area contributed by atoms with Gasteiger partial charge in [0.05, 0.1) is 10.5 Å². The molecule has 0 N–H and O–H groups in total. The first-order valence-corrected chi connectivity index (χ1v) is 11.1. The zero-order valence-electron chi connectivity index (χ0n) is 15.8. The van der Waals surface area contributed by atoms with E-state index in [1.807, 2.05) is 18.2 Å². The summed E-state index contributed by atoms with van der Waals surface area (Å²) >= 11 is 0. The molecule has 1 aromatic rings. The van der Waals surface area contributed by atoms with Gasteiger partial charge in [-0.25, -0.2) is 8.42 Å². The van der Waals surface area contributed by atoms with Crippen molar-refractivity contribution in [1.82, 2.24) is 0 Å². The highest BCUT2D eigenvalue weighted by atomic mass is 32.2. The van der Waals surface area contributed by atoms with E-state index in [0.29, 0.717) is 12.2 Å². The second-order valence-electron chi connectivity index (χ2n) is 8.42. The highest BCUT2D eigenvalue weighted by molar-refractivity contribution is 7.92. The quantitative estimate of drug-likeness (QED) is 0.710. The maximum atomic E-state index is 12.4. The van der Waals surface area contributed by atoms with Crippen LogP contribution >= 0.6 is 0 Å². The molecular formula is C21H32O3S. The first kappa shape index (κ1) is 20.2. The van der Waals surface area contributed by atoms with Crippen LogP contribution in [0.1, 0.15) is 64.9 Å². The Morgan fingerprint density at radius 2 is 1.64 bits per heavy atom. The Hall–Kier alpha value is -1.16. The number of aryl methyl sites for hydroxylation is 1. The summed E-state index contributed by atoms with van der Waals surface area (Å²) in [4.78, 5) is 12.4. The molecule has 0 bridgehead atoms. The van der Waals surface area contributed by atoms with Crippen LogP contribution in [0.5, 0.6) is 0 Å². The molecule has 1 fully saturated rings. The summed E-state index contributed by atoms with van der Waals surface area (Å²) in [5, 5.41) is 0. The lowest BCUT2D eigenvalue weighted by atomic mass is 9.80. The van der Waals surface area contributed by atoms with Gasteiger partial charge < -0.3 is 0 Å². The molecule has 0 saturated heterocycles. The van der Waals surface area contributed by atoms with Gasteiger partial charge in [0.1, 0.15) is 5.78 Å². The van der Waals surface area contributed by atoms with Gasteiger partial charge in [0.15, 0.2) is 9.84 Å². The fraction of sp³-hybridized carbons (Fsp3) is 0.667. The molecule has 2 rings (SSSR count). The average molecular weight is 365 g/mol. The summed E-state index contributed by atoms with van der Waals surface area (Å²) in [6, 6.07) is 10.3. The normalized spacial score (nSPS) is 21.9. The summed E-state index contributed by atoms with van der Waals surface area (Å²) in [7, 11) is -3.06.